The number of benzene rings is 1. The van der Waals surface area contributed by atoms with Gasteiger partial charge in [-0.2, -0.15) is 0 Å². The van der Waals surface area contributed by atoms with Gasteiger partial charge in [-0.15, -0.1) is 0 Å². The third kappa shape index (κ3) is 3.34. The van der Waals surface area contributed by atoms with Crippen molar-refractivity contribution < 1.29 is 9.90 Å². The van der Waals surface area contributed by atoms with Crippen LogP contribution in [0.3, 0.4) is 0 Å². The molecule has 0 aliphatic rings. The molecule has 1 unspecified atom stereocenters. The molecule has 0 bridgehead atoms. The van der Waals surface area contributed by atoms with E-state index in [0.29, 0.717) is 5.92 Å². The van der Waals surface area contributed by atoms with E-state index in [-0.39, 0.29) is 12.3 Å². The summed E-state index contributed by atoms with van der Waals surface area (Å²) in [6.45, 7) is 4.10. The molecule has 1 aromatic rings. The maximum atomic E-state index is 10.8. The lowest BCUT2D eigenvalue weighted by Gasteiger charge is -2.20. The maximum absolute atomic E-state index is 10.8. The molecule has 0 amide bonds. The van der Waals surface area contributed by atoms with E-state index >= 15 is 0 Å². The van der Waals surface area contributed by atoms with Crippen LogP contribution in [0.15, 0.2) is 28.7 Å². The molecule has 1 rings (SSSR count). The van der Waals surface area contributed by atoms with Crippen LogP contribution in [0.25, 0.3) is 0 Å². The average Bonchev–Trinajstić information content (AvgIpc) is 2.15. The van der Waals surface area contributed by atoms with Crippen LogP contribution in [0.2, 0.25) is 0 Å². The molecule has 82 valence electrons. The lowest BCUT2D eigenvalue weighted by molar-refractivity contribution is -0.137. The SMILES string of the molecule is CC(C)C(CC(=O)O)c1ccccc1Br. The van der Waals surface area contributed by atoms with Gasteiger partial charge >= 0.3 is 5.97 Å². The van der Waals surface area contributed by atoms with Gasteiger partial charge in [-0.25, -0.2) is 0 Å². The fraction of sp³-hybridized carbons (Fsp3) is 0.417. The van der Waals surface area contributed by atoms with E-state index in [1.807, 2.05) is 38.1 Å². The fourth-order valence-electron chi connectivity index (χ4n) is 1.67. The predicted molar refractivity (Wildman–Crippen MR) is 64.0 cm³/mol. The number of carboxylic acids is 1. The Morgan fingerprint density at radius 3 is 2.47 bits per heavy atom. The quantitative estimate of drug-likeness (QED) is 0.907. The summed E-state index contributed by atoms with van der Waals surface area (Å²) < 4.78 is 0.991. The van der Waals surface area contributed by atoms with Crippen LogP contribution in [0.4, 0.5) is 0 Å². The Labute approximate surface area is 98.4 Å². The van der Waals surface area contributed by atoms with E-state index in [1.165, 1.54) is 0 Å². The molecule has 0 saturated carbocycles. The number of aliphatic carboxylic acids is 1. The van der Waals surface area contributed by atoms with Crippen LogP contribution in [0.5, 0.6) is 0 Å². The van der Waals surface area contributed by atoms with Crippen molar-refractivity contribution in [3.05, 3.63) is 34.3 Å². The van der Waals surface area contributed by atoms with Crippen LogP contribution in [-0.2, 0) is 4.79 Å². The first kappa shape index (κ1) is 12.2. The van der Waals surface area contributed by atoms with Crippen LogP contribution in [0, 0.1) is 5.92 Å². The van der Waals surface area contributed by atoms with E-state index in [4.69, 9.17) is 5.11 Å². The molecule has 0 aliphatic heterocycles. The zero-order valence-corrected chi connectivity index (χ0v) is 10.5. The van der Waals surface area contributed by atoms with Gasteiger partial charge < -0.3 is 5.11 Å². The summed E-state index contributed by atoms with van der Waals surface area (Å²) >= 11 is 3.46. The highest BCUT2D eigenvalue weighted by Gasteiger charge is 2.20. The number of rotatable bonds is 4. The molecule has 0 aromatic heterocycles. The fourth-order valence-corrected chi connectivity index (χ4v) is 2.25. The van der Waals surface area contributed by atoms with Gasteiger partial charge in [-0.05, 0) is 23.5 Å². The number of halogens is 1. The Morgan fingerprint density at radius 2 is 2.00 bits per heavy atom. The second-order valence-corrected chi connectivity index (χ2v) is 4.82. The van der Waals surface area contributed by atoms with Crippen molar-refractivity contribution >= 4 is 21.9 Å². The molecule has 1 atom stereocenters. The van der Waals surface area contributed by atoms with E-state index in [1.54, 1.807) is 0 Å². The number of hydrogen-bond acceptors (Lipinski definition) is 1. The molecule has 2 nitrogen and oxygen atoms in total. The van der Waals surface area contributed by atoms with Gasteiger partial charge in [0.25, 0.3) is 0 Å². The van der Waals surface area contributed by atoms with Gasteiger partial charge in [0.05, 0.1) is 6.42 Å². The van der Waals surface area contributed by atoms with Gasteiger partial charge in [0.15, 0.2) is 0 Å². The van der Waals surface area contributed by atoms with Crippen LogP contribution < -0.4 is 0 Å². The lowest BCUT2D eigenvalue weighted by atomic mass is 9.86. The molecule has 3 heteroatoms. The monoisotopic (exact) mass is 270 g/mol. The molecule has 0 fully saturated rings. The smallest absolute Gasteiger partial charge is 0.303 e. The molecule has 1 N–H and O–H groups in total. The van der Waals surface area contributed by atoms with Gasteiger partial charge in [-0.3, -0.25) is 4.79 Å². The van der Waals surface area contributed by atoms with Crippen LogP contribution >= 0.6 is 15.9 Å². The third-order valence-corrected chi connectivity index (χ3v) is 3.23. The highest BCUT2D eigenvalue weighted by molar-refractivity contribution is 9.10. The lowest BCUT2D eigenvalue weighted by Crippen LogP contribution is -2.12. The Hall–Kier alpha value is -0.830. The van der Waals surface area contributed by atoms with Crippen molar-refractivity contribution in [3.63, 3.8) is 0 Å². The molecule has 0 radical (unpaired) electrons. The third-order valence-electron chi connectivity index (χ3n) is 2.50. The first-order chi connectivity index (χ1) is 7.02. The number of carboxylic acid groups (broad SMARTS) is 1. The Balaban J connectivity index is 2.99. The summed E-state index contributed by atoms with van der Waals surface area (Å²) in [5.74, 6) is -0.359. The number of carbonyl (C=O) groups is 1. The topological polar surface area (TPSA) is 37.3 Å². The normalized spacial score (nSPS) is 12.8. The molecule has 0 spiro atoms. The molecular formula is C12H15BrO2. The van der Waals surface area contributed by atoms with E-state index < -0.39 is 5.97 Å². The minimum atomic E-state index is -0.746. The van der Waals surface area contributed by atoms with Gasteiger partial charge in [0.1, 0.15) is 0 Å². The summed E-state index contributed by atoms with van der Waals surface area (Å²) in [7, 11) is 0. The average molecular weight is 271 g/mol. The van der Waals surface area contributed by atoms with Crippen molar-refractivity contribution in [2.24, 2.45) is 5.92 Å². The van der Waals surface area contributed by atoms with Gasteiger partial charge in [-0.1, -0.05) is 48.0 Å². The summed E-state index contributed by atoms with van der Waals surface area (Å²) in [6.07, 6.45) is 0.181. The maximum Gasteiger partial charge on any atom is 0.303 e. The Kier molecular flexibility index (Phi) is 4.33. The zero-order valence-electron chi connectivity index (χ0n) is 8.90. The molecule has 0 saturated heterocycles. The highest BCUT2D eigenvalue weighted by atomic mass is 79.9. The first-order valence-electron chi connectivity index (χ1n) is 4.98. The summed E-state index contributed by atoms with van der Waals surface area (Å²) in [4.78, 5) is 10.8. The van der Waals surface area contributed by atoms with E-state index in [9.17, 15) is 4.79 Å². The van der Waals surface area contributed by atoms with Crippen LogP contribution in [0.1, 0.15) is 31.7 Å². The molecule has 15 heavy (non-hydrogen) atoms. The summed E-state index contributed by atoms with van der Waals surface area (Å²) in [5, 5.41) is 8.87. The van der Waals surface area contributed by atoms with Crippen molar-refractivity contribution in [1.29, 1.82) is 0 Å². The summed E-state index contributed by atoms with van der Waals surface area (Å²) in [5.41, 5.74) is 1.08. The molecule has 0 aliphatic carbocycles. The van der Waals surface area contributed by atoms with Crippen molar-refractivity contribution in [1.82, 2.24) is 0 Å². The van der Waals surface area contributed by atoms with Gasteiger partial charge in [0.2, 0.25) is 0 Å². The molecule has 1 aromatic carbocycles. The first-order valence-corrected chi connectivity index (χ1v) is 5.78. The Bertz CT molecular complexity index is 347. The second-order valence-electron chi connectivity index (χ2n) is 3.97. The molecule has 0 heterocycles. The van der Waals surface area contributed by atoms with Crippen LogP contribution in [-0.4, -0.2) is 11.1 Å². The van der Waals surface area contributed by atoms with Gasteiger partial charge in [0, 0.05) is 4.47 Å². The number of hydrogen-bond donors (Lipinski definition) is 1. The van der Waals surface area contributed by atoms with Crippen molar-refractivity contribution in [3.8, 4) is 0 Å². The second kappa shape index (κ2) is 5.31. The van der Waals surface area contributed by atoms with E-state index in [2.05, 4.69) is 15.9 Å². The Morgan fingerprint density at radius 1 is 1.40 bits per heavy atom. The molecular weight excluding hydrogens is 256 g/mol. The van der Waals surface area contributed by atoms with Crippen molar-refractivity contribution in [2.45, 2.75) is 26.2 Å². The minimum Gasteiger partial charge on any atom is -0.481 e. The van der Waals surface area contributed by atoms with Crippen molar-refractivity contribution in [2.75, 3.05) is 0 Å². The largest absolute Gasteiger partial charge is 0.481 e. The zero-order chi connectivity index (χ0) is 11.4. The minimum absolute atomic E-state index is 0.0677. The van der Waals surface area contributed by atoms with E-state index in [0.717, 1.165) is 10.0 Å². The standard InChI is InChI=1S/C12H15BrO2/c1-8(2)10(7-12(14)15)9-5-3-4-6-11(9)13/h3-6,8,10H,7H2,1-2H3,(H,14,15). The predicted octanol–water partition coefficient (Wildman–Crippen LogP) is 3.66. The summed E-state index contributed by atoms with van der Waals surface area (Å²) in [6, 6.07) is 7.81. The highest BCUT2D eigenvalue weighted by Crippen LogP contribution is 2.32.